The number of carbonyl (C=O) groups is 1. The molecule has 1 aliphatic carbocycles. The Bertz CT molecular complexity index is 783. The van der Waals surface area contributed by atoms with Gasteiger partial charge in [0, 0.05) is 31.2 Å². The number of hydrogen-bond donors (Lipinski definition) is 1. The van der Waals surface area contributed by atoms with E-state index >= 15 is 0 Å². The summed E-state index contributed by atoms with van der Waals surface area (Å²) in [7, 11) is 0. The molecule has 1 atom stereocenters. The topological polar surface area (TPSA) is 58.4 Å². The molecule has 1 saturated heterocycles. The van der Waals surface area contributed by atoms with E-state index in [-0.39, 0.29) is 23.4 Å². The molecule has 1 unspecified atom stereocenters. The first-order valence-corrected chi connectivity index (χ1v) is 9.97. The van der Waals surface area contributed by atoms with Gasteiger partial charge in [-0.05, 0) is 31.4 Å². The van der Waals surface area contributed by atoms with E-state index in [0.29, 0.717) is 11.6 Å². The van der Waals surface area contributed by atoms with Crippen LogP contribution in [0.1, 0.15) is 55.4 Å². The van der Waals surface area contributed by atoms with Gasteiger partial charge in [-0.15, -0.1) is 0 Å². The maximum absolute atomic E-state index is 13.9. The van der Waals surface area contributed by atoms with Gasteiger partial charge in [0.25, 0.3) is 5.91 Å². The van der Waals surface area contributed by atoms with Gasteiger partial charge < -0.3 is 9.84 Å². The van der Waals surface area contributed by atoms with Gasteiger partial charge in [0.05, 0.1) is 5.56 Å². The second kappa shape index (κ2) is 8.21. The highest BCUT2D eigenvalue weighted by Crippen LogP contribution is 2.26. The summed E-state index contributed by atoms with van der Waals surface area (Å²) in [6, 6.07) is 8.61. The third-order valence-corrected chi connectivity index (χ3v) is 5.78. The monoisotopic (exact) mass is 371 g/mol. The smallest absolute Gasteiger partial charge is 0.273 e. The average molecular weight is 371 g/mol. The van der Waals surface area contributed by atoms with Crippen LogP contribution in [-0.4, -0.2) is 41.1 Å². The Balaban J connectivity index is 1.35. The lowest BCUT2D eigenvalue weighted by Crippen LogP contribution is -2.39. The Kier molecular flexibility index (Phi) is 5.53. The van der Waals surface area contributed by atoms with Crippen molar-refractivity contribution in [2.24, 2.45) is 0 Å². The summed E-state index contributed by atoms with van der Waals surface area (Å²) in [5, 5.41) is 6.89. The van der Waals surface area contributed by atoms with Crippen molar-refractivity contribution in [3.05, 3.63) is 41.8 Å². The minimum atomic E-state index is -0.393. The molecule has 1 N–H and O–H groups in total. The van der Waals surface area contributed by atoms with Crippen molar-refractivity contribution in [2.45, 2.75) is 57.0 Å². The van der Waals surface area contributed by atoms with Crippen LogP contribution < -0.4 is 5.32 Å². The van der Waals surface area contributed by atoms with Crippen molar-refractivity contribution in [1.29, 1.82) is 0 Å². The van der Waals surface area contributed by atoms with Crippen molar-refractivity contribution in [3.63, 3.8) is 0 Å². The molecule has 4 rings (SSSR count). The first-order chi connectivity index (χ1) is 13.2. The van der Waals surface area contributed by atoms with Crippen LogP contribution >= 0.6 is 0 Å². The third kappa shape index (κ3) is 4.21. The predicted octanol–water partition coefficient (Wildman–Crippen LogP) is 4.01. The van der Waals surface area contributed by atoms with Crippen molar-refractivity contribution in [1.82, 2.24) is 15.4 Å². The number of rotatable bonds is 4. The molecule has 2 aliphatic rings. The Labute approximate surface area is 158 Å². The molecule has 6 heteroatoms. The molecule has 1 saturated carbocycles. The molecular formula is C21H26FN3O2. The van der Waals surface area contributed by atoms with Gasteiger partial charge in [0.1, 0.15) is 5.82 Å². The standard InChI is InChI=1S/C21H26FN3O2/c22-18-10-6-5-9-17(18)20-13-19(24-27-20)21(26)23-15-11-12-25(14-15)16-7-3-1-2-4-8-16/h5-6,9-10,13,15-16H,1-4,7-8,11-12,14H2,(H,23,26). The van der Waals surface area contributed by atoms with Gasteiger partial charge in [0.15, 0.2) is 11.5 Å². The number of amides is 1. The molecule has 27 heavy (non-hydrogen) atoms. The Morgan fingerprint density at radius 1 is 1.15 bits per heavy atom. The van der Waals surface area contributed by atoms with Crippen molar-refractivity contribution >= 4 is 5.91 Å². The van der Waals surface area contributed by atoms with Crippen LogP contribution in [0.4, 0.5) is 4.39 Å². The van der Waals surface area contributed by atoms with E-state index in [4.69, 9.17) is 4.52 Å². The molecule has 0 spiro atoms. The largest absolute Gasteiger partial charge is 0.355 e. The lowest BCUT2D eigenvalue weighted by molar-refractivity contribution is 0.0926. The van der Waals surface area contributed by atoms with Gasteiger partial charge >= 0.3 is 0 Å². The highest BCUT2D eigenvalue weighted by atomic mass is 19.1. The second-order valence-electron chi connectivity index (χ2n) is 7.66. The zero-order chi connectivity index (χ0) is 18.6. The van der Waals surface area contributed by atoms with Crippen LogP contribution in [0.15, 0.2) is 34.9 Å². The summed E-state index contributed by atoms with van der Waals surface area (Å²) < 4.78 is 19.1. The molecule has 144 valence electrons. The summed E-state index contributed by atoms with van der Waals surface area (Å²) in [5.41, 5.74) is 0.505. The quantitative estimate of drug-likeness (QED) is 0.825. The first-order valence-electron chi connectivity index (χ1n) is 9.97. The fraction of sp³-hybridized carbons (Fsp3) is 0.524. The molecule has 1 amide bonds. The Hall–Kier alpha value is -2.21. The SMILES string of the molecule is O=C(NC1CCN(C2CCCCCC2)C1)c1cc(-c2ccccc2F)on1. The summed E-state index contributed by atoms with van der Waals surface area (Å²) in [5.74, 6) is -0.380. The van der Waals surface area contributed by atoms with Gasteiger partial charge in [-0.1, -0.05) is 43.0 Å². The van der Waals surface area contributed by atoms with E-state index in [1.165, 1.54) is 50.7 Å². The minimum Gasteiger partial charge on any atom is -0.355 e. The molecule has 2 fully saturated rings. The molecule has 0 radical (unpaired) electrons. The van der Waals surface area contributed by atoms with E-state index in [9.17, 15) is 9.18 Å². The number of nitrogens with zero attached hydrogens (tertiary/aromatic N) is 2. The second-order valence-corrected chi connectivity index (χ2v) is 7.66. The number of hydrogen-bond acceptors (Lipinski definition) is 4. The summed E-state index contributed by atoms with van der Waals surface area (Å²) >= 11 is 0. The van der Waals surface area contributed by atoms with Crippen molar-refractivity contribution in [3.8, 4) is 11.3 Å². The Morgan fingerprint density at radius 2 is 1.93 bits per heavy atom. The van der Waals surface area contributed by atoms with Crippen LogP contribution in [0.5, 0.6) is 0 Å². The fourth-order valence-electron chi connectivity index (χ4n) is 4.29. The summed E-state index contributed by atoms with van der Waals surface area (Å²) in [4.78, 5) is 15.1. The molecule has 1 aromatic carbocycles. The summed E-state index contributed by atoms with van der Waals surface area (Å²) in [6.07, 6.45) is 8.83. The molecule has 2 aromatic rings. The highest BCUT2D eigenvalue weighted by Gasteiger charge is 2.30. The van der Waals surface area contributed by atoms with E-state index in [1.54, 1.807) is 18.2 Å². The third-order valence-electron chi connectivity index (χ3n) is 5.78. The van der Waals surface area contributed by atoms with Gasteiger partial charge in [-0.25, -0.2) is 4.39 Å². The van der Waals surface area contributed by atoms with E-state index in [1.807, 2.05) is 0 Å². The lowest BCUT2D eigenvalue weighted by atomic mass is 10.1. The maximum Gasteiger partial charge on any atom is 0.273 e. The number of carbonyl (C=O) groups excluding carboxylic acids is 1. The van der Waals surface area contributed by atoms with Crippen LogP contribution in [0.2, 0.25) is 0 Å². The highest BCUT2D eigenvalue weighted by molar-refractivity contribution is 5.93. The molecule has 1 aromatic heterocycles. The number of likely N-dealkylation sites (tertiary alicyclic amines) is 1. The maximum atomic E-state index is 13.9. The first kappa shape index (κ1) is 18.2. The number of aromatic nitrogens is 1. The van der Waals surface area contributed by atoms with E-state index in [2.05, 4.69) is 15.4 Å². The van der Waals surface area contributed by atoms with Crippen molar-refractivity contribution in [2.75, 3.05) is 13.1 Å². The zero-order valence-electron chi connectivity index (χ0n) is 15.5. The predicted molar refractivity (Wildman–Crippen MR) is 101 cm³/mol. The molecule has 2 heterocycles. The molecular weight excluding hydrogens is 345 g/mol. The summed E-state index contributed by atoms with van der Waals surface area (Å²) in [6.45, 7) is 1.93. The average Bonchev–Trinajstić information content (AvgIpc) is 3.26. The Morgan fingerprint density at radius 3 is 2.70 bits per heavy atom. The van der Waals surface area contributed by atoms with Crippen LogP contribution in [0, 0.1) is 5.82 Å². The van der Waals surface area contributed by atoms with Crippen LogP contribution in [0.3, 0.4) is 0 Å². The van der Waals surface area contributed by atoms with Gasteiger partial charge in [-0.2, -0.15) is 0 Å². The molecule has 5 nitrogen and oxygen atoms in total. The van der Waals surface area contributed by atoms with Crippen LogP contribution in [0.25, 0.3) is 11.3 Å². The number of nitrogens with one attached hydrogen (secondary N) is 1. The van der Waals surface area contributed by atoms with Crippen LogP contribution in [-0.2, 0) is 0 Å². The van der Waals surface area contributed by atoms with Gasteiger partial charge in [0.2, 0.25) is 0 Å². The zero-order valence-corrected chi connectivity index (χ0v) is 15.5. The van der Waals surface area contributed by atoms with E-state index < -0.39 is 5.82 Å². The fourth-order valence-corrected chi connectivity index (χ4v) is 4.29. The van der Waals surface area contributed by atoms with Gasteiger partial charge in [-0.3, -0.25) is 9.69 Å². The molecule has 0 bridgehead atoms. The molecule has 1 aliphatic heterocycles. The van der Waals surface area contributed by atoms with E-state index in [0.717, 1.165) is 19.5 Å². The normalized spacial score (nSPS) is 21.9. The lowest BCUT2D eigenvalue weighted by Gasteiger charge is -2.26. The minimum absolute atomic E-state index is 0.134. The number of benzene rings is 1. The van der Waals surface area contributed by atoms with Crippen molar-refractivity contribution < 1.29 is 13.7 Å². The number of halogens is 1.